The summed E-state index contributed by atoms with van der Waals surface area (Å²) in [6.45, 7) is 13.2. The van der Waals surface area contributed by atoms with Gasteiger partial charge in [-0.25, -0.2) is 4.68 Å². The van der Waals surface area contributed by atoms with Gasteiger partial charge in [-0.1, -0.05) is 39.3 Å². The molecule has 2 aliphatic heterocycles. The molecular formula is C35H57N3O11S. The van der Waals surface area contributed by atoms with Crippen LogP contribution in [-0.2, 0) is 65.3 Å². The molecule has 4 unspecified atom stereocenters. The van der Waals surface area contributed by atoms with Crippen molar-refractivity contribution in [1.29, 1.82) is 0 Å². The lowest BCUT2D eigenvalue weighted by atomic mass is 9.84. The Kier molecular flexibility index (Phi) is 17.5. The molecule has 2 aliphatic rings. The third-order valence-electron chi connectivity index (χ3n) is 9.56. The van der Waals surface area contributed by atoms with E-state index in [1.807, 2.05) is 27.0 Å². The lowest BCUT2D eigenvalue weighted by Crippen LogP contribution is -2.53. The number of aryl methyl sites for hydroxylation is 1. The van der Waals surface area contributed by atoms with Gasteiger partial charge in [-0.05, 0) is 43.8 Å². The van der Waals surface area contributed by atoms with Gasteiger partial charge < -0.3 is 33.2 Å². The first kappa shape index (κ1) is 41.7. The van der Waals surface area contributed by atoms with Crippen molar-refractivity contribution >= 4 is 35.6 Å². The van der Waals surface area contributed by atoms with Crippen LogP contribution in [0.4, 0.5) is 0 Å². The lowest BCUT2D eigenvalue weighted by Gasteiger charge is -2.43. The second-order valence-electron chi connectivity index (χ2n) is 13.5. The summed E-state index contributed by atoms with van der Waals surface area (Å²) < 4.78 is 41.6. The summed E-state index contributed by atoms with van der Waals surface area (Å²) in [7, 11) is 1.38. The van der Waals surface area contributed by atoms with Gasteiger partial charge in [0.1, 0.15) is 36.5 Å². The van der Waals surface area contributed by atoms with E-state index in [0.29, 0.717) is 32.4 Å². The summed E-state index contributed by atoms with van der Waals surface area (Å²) >= 11 is 1.74. The SMILES string of the molecule is COC(=O)CCCCO[C@H]1OC(Cn2cc(CCCCCS[C@@H]3OC(COC(C)=O)[C@H](OC(C)=O)[C@H](C)C3C)nn2)[C@H](OC(C)=O)[C@H](C)C1C. The average molecular weight is 728 g/mol. The van der Waals surface area contributed by atoms with Crippen molar-refractivity contribution < 1.29 is 52.3 Å². The number of esters is 4. The second-order valence-corrected chi connectivity index (χ2v) is 14.7. The van der Waals surface area contributed by atoms with E-state index in [-0.39, 0.29) is 53.6 Å². The number of nitrogens with zero attached hydrogens (tertiary/aromatic N) is 3. The fourth-order valence-electron chi connectivity index (χ4n) is 6.31. The standard InChI is InChI=1S/C35H57N3O11S/c1-21-23(3)34(44-16-12-11-15-31(42)43-8)48-29(32(21)46-26(6)40)19-38-18-28(36-37-38)14-10-9-13-17-50-35-24(4)22(2)33(47-27(7)41)30(49-35)20-45-25(5)39/h18,21-24,29-30,32-35H,9-17,19-20H2,1-8H3/t21-,22-,23?,24?,29?,30?,32-,33-,34+,35+/m1/s1. The molecule has 0 amide bonds. The largest absolute Gasteiger partial charge is 0.469 e. The normalized spacial score (nSPS) is 29.6. The minimum atomic E-state index is -0.508. The Morgan fingerprint density at radius 2 is 1.50 bits per heavy atom. The number of unbranched alkanes of at least 4 members (excludes halogenated alkanes) is 3. The summed E-state index contributed by atoms with van der Waals surface area (Å²) in [6.07, 6.45) is 4.92. The second kappa shape index (κ2) is 20.9. The number of ether oxygens (including phenoxy) is 7. The number of rotatable bonds is 19. The molecule has 3 rings (SSSR count). The zero-order valence-corrected chi connectivity index (χ0v) is 31.7. The number of hydrogen-bond donors (Lipinski definition) is 0. The summed E-state index contributed by atoms with van der Waals surface area (Å²) in [4.78, 5) is 46.5. The zero-order chi connectivity index (χ0) is 36.8. The van der Waals surface area contributed by atoms with E-state index >= 15 is 0 Å². The molecule has 50 heavy (non-hydrogen) atoms. The van der Waals surface area contributed by atoms with Crippen LogP contribution in [0.2, 0.25) is 0 Å². The Bertz CT molecular complexity index is 1230. The van der Waals surface area contributed by atoms with Crippen LogP contribution in [0, 0.1) is 23.7 Å². The van der Waals surface area contributed by atoms with Gasteiger partial charge in [-0.2, -0.15) is 0 Å². The van der Waals surface area contributed by atoms with Crippen LogP contribution < -0.4 is 0 Å². The van der Waals surface area contributed by atoms with Crippen molar-refractivity contribution in [2.45, 2.75) is 136 Å². The van der Waals surface area contributed by atoms with Gasteiger partial charge in [-0.15, -0.1) is 16.9 Å². The highest BCUT2D eigenvalue weighted by Crippen LogP contribution is 2.38. The van der Waals surface area contributed by atoms with E-state index in [4.69, 9.17) is 33.2 Å². The molecule has 0 radical (unpaired) electrons. The number of carbonyl (C=O) groups excluding carboxylic acids is 4. The summed E-state index contributed by atoms with van der Waals surface area (Å²) in [6, 6.07) is 0. The van der Waals surface area contributed by atoms with Crippen molar-refractivity contribution in [2.75, 3.05) is 26.1 Å². The van der Waals surface area contributed by atoms with Gasteiger partial charge in [0, 0.05) is 57.7 Å². The minimum absolute atomic E-state index is 0.0149. The van der Waals surface area contributed by atoms with Crippen LogP contribution in [-0.4, -0.2) is 101 Å². The molecule has 0 aliphatic carbocycles. The molecule has 14 nitrogen and oxygen atoms in total. The first-order chi connectivity index (χ1) is 23.8. The van der Waals surface area contributed by atoms with Crippen LogP contribution in [0.15, 0.2) is 6.20 Å². The van der Waals surface area contributed by atoms with Gasteiger partial charge >= 0.3 is 23.9 Å². The minimum Gasteiger partial charge on any atom is -0.469 e. The average Bonchev–Trinajstić information content (AvgIpc) is 3.51. The molecule has 15 heteroatoms. The predicted molar refractivity (Wildman–Crippen MR) is 184 cm³/mol. The van der Waals surface area contributed by atoms with Gasteiger partial charge in [0.25, 0.3) is 0 Å². The van der Waals surface area contributed by atoms with Crippen LogP contribution in [0.25, 0.3) is 0 Å². The van der Waals surface area contributed by atoms with E-state index in [9.17, 15) is 19.2 Å². The van der Waals surface area contributed by atoms with Crippen LogP contribution >= 0.6 is 11.8 Å². The molecule has 0 aromatic carbocycles. The Labute approximate surface area is 300 Å². The zero-order valence-electron chi connectivity index (χ0n) is 30.9. The number of aromatic nitrogens is 3. The Morgan fingerprint density at radius 3 is 2.16 bits per heavy atom. The van der Waals surface area contributed by atoms with Gasteiger partial charge in [0.05, 0.1) is 19.3 Å². The van der Waals surface area contributed by atoms with Crippen LogP contribution in [0.5, 0.6) is 0 Å². The number of hydrogen-bond acceptors (Lipinski definition) is 14. The highest BCUT2D eigenvalue weighted by molar-refractivity contribution is 7.99. The van der Waals surface area contributed by atoms with Crippen LogP contribution in [0.3, 0.4) is 0 Å². The van der Waals surface area contributed by atoms with E-state index < -0.39 is 36.7 Å². The number of thioether (sulfide) groups is 1. The quantitative estimate of drug-likeness (QED) is 0.111. The molecule has 0 spiro atoms. The molecular weight excluding hydrogens is 670 g/mol. The highest BCUT2D eigenvalue weighted by atomic mass is 32.2. The summed E-state index contributed by atoms with van der Waals surface area (Å²) in [5.74, 6) is -0.327. The molecule has 0 N–H and O–H groups in total. The Balaban J connectivity index is 1.46. The summed E-state index contributed by atoms with van der Waals surface area (Å²) in [5, 5.41) is 8.70. The molecule has 3 heterocycles. The van der Waals surface area contributed by atoms with E-state index in [0.717, 1.165) is 37.1 Å². The molecule has 1 aromatic rings. The van der Waals surface area contributed by atoms with Gasteiger partial charge in [0.15, 0.2) is 6.29 Å². The Hall–Kier alpha value is -2.75. The number of carbonyl (C=O) groups is 4. The Morgan fingerprint density at radius 1 is 0.820 bits per heavy atom. The maximum absolute atomic E-state index is 12.0. The first-order valence-corrected chi connectivity index (χ1v) is 18.8. The molecule has 2 fully saturated rings. The molecule has 0 bridgehead atoms. The highest BCUT2D eigenvalue weighted by Gasteiger charge is 2.45. The van der Waals surface area contributed by atoms with Crippen molar-refractivity contribution in [3.63, 3.8) is 0 Å². The third kappa shape index (κ3) is 13.1. The van der Waals surface area contributed by atoms with Crippen LogP contribution in [0.1, 0.15) is 92.7 Å². The van der Waals surface area contributed by atoms with E-state index in [2.05, 4.69) is 17.2 Å². The third-order valence-corrected chi connectivity index (χ3v) is 11.0. The predicted octanol–water partition coefficient (Wildman–Crippen LogP) is 4.50. The number of methoxy groups -OCH3 is 1. The molecule has 1 aromatic heterocycles. The topological polar surface area (TPSA) is 164 Å². The molecule has 2 saturated heterocycles. The van der Waals surface area contributed by atoms with E-state index in [1.54, 1.807) is 16.4 Å². The van der Waals surface area contributed by atoms with Gasteiger partial charge in [-0.3, -0.25) is 19.2 Å². The van der Waals surface area contributed by atoms with Gasteiger partial charge in [0.2, 0.25) is 0 Å². The molecule has 0 saturated carbocycles. The maximum atomic E-state index is 12.0. The fraction of sp³-hybridized carbons (Fsp3) is 0.829. The monoisotopic (exact) mass is 727 g/mol. The van der Waals surface area contributed by atoms with Crippen molar-refractivity contribution in [3.05, 3.63) is 11.9 Å². The van der Waals surface area contributed by atoms with Crippen molar-refractivity contribution in [2.24, 2.45) is 23.7 Å². The smallest absolute Gasteiger partial charge is 0.305 e. The molecule has 284 valence electrons. The fourth-order valence-corrected chi connectivity index (χ4v) is 7.69. The first-order valence-electron chi connectivity index (χ1n) is 17.8. The van der Waals surface area contributed by atoms with Crippen molar-refractivity contribution in [3.8, 4) is 0 Å². The van der Waals surface area contributed by atoms with Crippen molar-refractivity contribution in [1.82, 2.24) is 15.0 Å². The lowest BCUT2D eigenvalue weighted by molar-refractivity contribution is -0.269. The van der Waals surface area contributed by atoms with E-state index in [1.165, 1.54) is 27.9 Å². The molecule has 10 atom stereocenters. The summed E-state index contributed by atoms with van der Waals surface area (Å²) in [5.41, 5.74) is 0.776. The maximum Gasteiger partial charge on any atom is 0.305 e.